The molecule has 0 saturated carbocycles. The normalized spacial score (nSPS) is 12.2. The molecule has 2 N–H and O–H groups in total. The number of hydrogen-bond acceptors (Lipinski definition) is 2. The number of halogens is 1. The predicted octanol–water partition coefficient (Wildman–Crippen LogP) is 1.81. The number of benzene rings is 1. The summed E-state index contributed by atoms with van der Waals surface area (Å²) in [7, 11) is 1.47. The average Bonchev–Trinajstić information content (AvgIpc) is 2.16. The Bertz CT molecular complexity index is 366. The van der Waals surface area contributed by atoms with Crippen LogP contribution in [0, 0.1) is 5.82 Å². The maximum absolute atomic E-state index is 13.5. The van der Waals surface area contributed by atoms with E-state index in [-0.39, 0.29) is 18.2 Å². The van der Waals surface area contributed by atoms with Crippen molar-refractivity contribution < 1.29 is 13.9 Å². The van der Waals surface area contributed by atoms with Crippen molar-refractivity contribution in [3.63, 3.8) is 0 Å². The first-order chi connectivity index (χ1) is 7.04. The highest BCUT2D eigenvalue weighted by Gasteiger charge is 2.13. The zero-order valence-corrected chi connectivity index (χ0v) is 8.79. The van der Waals surface area contributed by atoms with Gasteiger partial charge in [-0.1, -0.05) is 13.0 Å². The molecule has 4 heteroatoms. The summed E-state index contributed by atoms with van der Waals surface area (Å²) in [6, 6.07) is 4.57. The number of nitrogens with two attached hydrogens (primary N) is 1. The summed E-state index contributed by atoms with van der Waals surface area (Å²) in [6.07, 6.45) is 0.142. The van der Waals surface area contributed by atoms with Crippen LogP contribution < -0.4 is 10.5 Å². The molecule has 0 aliphatic carbocycles. The molecule has 1 amide bonds. The zero-order valence-electron chi connectivity index (χ0n) is 8.79. The minimum Gasteiger partial charge on any atom is -0.497 e. The molecule has 15 heavy (non-hydrogen) atoms. The molecule has 0 aliphatic rings. The molecule has 82 valence electrons. The maximum Gasteiger partial charge on any atom is 0.218 e. The standard InChI is InChI=1S/C11H14FNO2/c1-7(5-11(13)14)9-4-3-8(15-2)6-10(9)12/h3-4,6-7H,5H2,1-2H3,(H2,13,14). The van der Waals surface area contributed by atoms with Crippen molar-refractivity contribution in [3.8, 4) is 5.75 Å². The van der Waals surface area contributed by atoms with Crippen LogP contribution in [0.15, 0.2) is 18.2 Å². The number of carbonyl (C=O) groups excluding carboxylic acids is 1. The molecule has 1 rings (SSSR count). The van der Waals surface area contributed by atoms with Crippen LogP contribution in [0.25, 0.3) is 0 Å². The molecule has 0 aromatic heterocycles. The van der Waals surface area contributed by atoms with Crippen LogP contribution in [-0.2, 0) is 4.79 Å². The fraction of sp³-hybridized carbons (Fsp3) is 0.364. The van der Waals surface area contributed by atoms with Crippen molar-refractivity contribution in [1.29, 1.82) is 0 Å². The molecule has 0 heterocycles. The molecule has 0 saturated heterocycles. The molecule has 0 bridgehead atoms. The second kappa shape index (κ2) is 4.77. The molecule has 1 aromatic carbocycles. The van der Waals surface area contributed by atoms with Gasteiger partial charge in [-0.15, -0.1) is 0 Å². The van der Waals surface area contributed by atoms with Crippen molar-refractivity contribution in [1.82, 2.24) is 0 Å². The zero-order chi connectivity index (χ0) is 11.4. The number of ether oxygens (including phenoxy) is 1. The predicted molar refractivity (Wildman–Crippen MR) is 55.2 cm³/mol. The molecule has 3 nitrogen and oxygen atoms in total. The quantitative estimate of drug-likeness (QED) is 0.825. The number of rotatable bonds is 4. The Morgan fingerprint density at radius 3 is 2.73 bits per heavy atom. The van der Waals surface area contributed by atoms with Crippen molar-refractivity contribution in [2.24, 2.45) is 5.73 Å². The smallest absolute Gasteiger partial charge is 0.218 e. The van der Waals surface area contributed by atoms with Gasteiger partial charge in [-0.05, 0) is 17.5 Å². The summed E-state index contributed by atoms with van der Waals surface area (Å²) in [6.45, 7) is 1.76. The number of primary amides is 1. The monoisotopic (exact) mass is 211 g/mol. The van der Waals surface area contributed by atoms with Crippen LogP contribution in [0.2, 0.25) is 0 Å². The van der Waals surface area contributed by atoms with Gasteiger partial charge >= 0.3 is 0 Å². The Kier molecular flexibility index (Phi) is 3.66. The van der Waals surface area contributed by atoms with Gasteiger partial charge in [-0.25, -0.2) is 4.39 Å². The molecule has 0 radical (unpaired) electrons. The van der Waals surface area contributed by atoms with E-state index in [1.54, 1.807) is 19.1 Å². The minimum absolute atomic E-state index is 0.142. The van der Waals surface area contributed by atoms with E-state index in [1.807, 2.05) is 0 Å². The topological polar surface area (TPSA) is 52.3 Å². The second-order valence-corrected chi connectivity index (χ2v) is 3.46. The van der Waals surface area contributed by atoms with Crippen LogP contribution in [0.3, 0.4) is 0 Å². The average molecular weight is 211 g/mol. The van der Waals surface area contributed by atoms with Gasteiger partial charge in [0.05, 0.1) is 7.11 Å². The highest BCUT2D eigenvalue weighted by molar-refractivity contribution is 5.74. The Morgan fingerprint density at radius 1 is 1.60 bits per heavy atom. The molecule has 0 aliphatic heterocycles. The van der Waals surface area contributed by atoms with Crippen LogP contribution in [0.5, 0.6) is 5.75 Å². The van der Waals surface area contributed by atoms with Crippen molar-refractivity contribution >= 4 is 5.91 Å². The number of hydrogen-bond donors (Lipinski definition) is 1. The fourth-order valence-electron chi connectivity index (χ4n) is 1.45. The van der Waals surface area contributed by atoms with E-state index in [1.165, 1.54) is 13.2 Å². The van der Waals surface area contributed by atoms with Gasteiger partial charge in [-0.3, -0.25) is 4.79 Å². The third-order valence-electron chi connectivity index (χ3n) is 2.25. The van der Waals surface area contributed by atoms with E-state index >= 15 is 0 Å². The van der Waals surface area contributed by atoms with Crippen LogP contribution in [0.1, 0.15) is 24.8 Å². The summed E-state index contributed by atoms with van der Waals surface area (Å²) in [5.41, 5.74) is 5.53. The van der Waals surface area contributed by atoms with Gasteiger partial charge in [0.2, 0.25) is 5.91 Å². The van der Waals surface area contributed by atoms with Crippen LogP contribution in [-0.4, -0.2) is 13.0 Å². The third-order valence-corrected chi connectivity index (χ3v) is 2.25. The fourth-order valence-corrected chi connectivity index (χ4v) is 1.45. The SMILES string of the molecule is COc1ccc(C(C)CC(N)=O)c(F)c1. The van der Waals surface area contributed by atoms with Crippen LogP contribution in [0.4, 0.5) is 4.39 Å². The lowest BCUT2D eigenvalue weighted by Gasteiger charge is -2.11. The minimum atomic E-state index is -0.433. The summed E-state index contributed by atoms with van der Waals surface area (Å²) in [4.78, 5) is 10.7. The van der Waals surface area contributed by atoms with Crippen molar-refractivity contribution in [2.75, 3.05) is 7.11 Å². The Labute approximate surface area is 88.0 Å². The number of carbonyl (C=O) groups is 1. The van der Waals surface area contributed by atoms with E-state index < -0.39 is 5.91 Å². The highest BCUT2D eigenvalue weighted by Crippen LogP contribution is 2.25. The van der Waals surface area contributed by atoms with E-state index in [9.17, 15) is 9.18 Å². The Balaban J connectivity index is 2.90. The first-order valence-electron chi connectivity index (χ1n) is 4.66. The van der Waals surface area contributed by atoms with E-state index in [0.29, 0.717) is 11.3 Å². The Morgan fingerprint density at radius 2 is 2.27 bits per heavy atom. The molecule has 1 atom stereocenters. The molecule has 1 unspecified atom stereocenters. The lowest BCUT2D eigenvalue weighted by atomic mass is 9.97. The maximum atomic E-state index is 13.5. The highest BCUT2D eigenvalue weighted by atomic mass is 19.1. The van der Waals surface area contributed by atoms with Gasteiger partial charge in [0, 0.05) is 12.5 Å². The summed E-state index contributed by atoms with van der Waals surface area (Å²) < 4.78 is 18.4. The van der Waals surface area contributed by atoms with Gasteiger partial charge in [0.1, 0.15) is 11.6 Å². The summed E-state index contributed by atoms with van der Waals surface area (Å²) in [5, 5.41) is 0. The van der Waals surface area contributed by atoms with Crippen LogP contribution >= 0.6 is 0 Å². The molecular formula is C11H14FNO2. The lowest BCUT2D eigenvalue weighted by molar-refractivity contribution is -0.118. The first kappa shape index (κ1) is 11.5. The molecular weight excluding hydrogens is 197 g/mol. The van der Waals surface area contributed by atoms with E-state index in [2.05, 4.69) is 0 Å². The summed E-state index contributed by atoms with van der Waals surface area (Å²) in [5.74, 6) is -0.559. The lowest BCUT2D eigenvalue weighted by Crippen LogP contribution is -2.14. The van der Waals surface area contributed by atoms with Gasteiger partial charge in [0.25, 0.3) is 0 Å². The largest absolute Gasteiger partial charge is 0.497 e. The molecule has 0 spiro atoms. The van der Waals surface area contributed by atoms with Crippen molar-refractivity contribution in [3.05, 3.63) is 29.6 Å². The van der Waals surface area contributed by atoms with Gasteiger partial charge in [-0.2, -0.15) is 0 Å². The summed E-state index contributed by atoms with van der Waals surface area (Å²) >= 11 is 0. The van der Waals surface area contributed by atoms with Gasteiger partial charge < -0.3 is 10.5 Å². The second-order valence-electron chi connectivity index (χ2n) is 3.46. The van der Waals surface area contributed by atoms with E-state index in [0.717, 1.165) is 0 Å². The Hall–Kier alpha value is -1.58. The first-order valence-corrected chi connectivity index (χ1v) is 4.66. The van der Waals surface area contributed by atoms with Gasteiger partial charge in [0.15, 0.2) is 0 Å². The molecule has 1 aromatic rings. The van der Waals surface area contributed by atoms with E-state index in [4.69, 9.17) is 10.5 Å². The number of amides is 1. The third kappa shape index (κ3) is 2.94. The number of methoxy groups -OCH3 is 1. The van der Waals surface area contributed by atoms with Crippen molar-refractivity contribution in [2.45, 2.75) is 19.3 Å². The molecule has 0 fully saturated rings.